The second-order valence-electron chi connectivity index (χ2n) is 10.3. The van der Waals surface area contributed by atoms with Gasteiger partial charge in [-0.15, -0.1) is 0 Å². The molecule has 0 N–H and O–H groups in total. The van der Waals surface area contributed by atoms with Gasteiger partial charge in [0.15, 0.2) is 0 Å². The molecule has 0 unspecified atom stereocenters. The first-order valence-electron chi connectivity index (χ1n) is 12.5. The monoisotopic (exact) mass is 464 g/mol. The van der Waals surface area contributed by atoms with Crippen LogP contribution in [0.25, 0.3) is 0 Å². The van der Waals surface area contributed by atoms with Crippen molar-refractivity contribution in [2.45, 2.75) is 92.9 Å². The number of alkyl halides is 1. The number of halogens is 1. The molecule has 1 heteroatoms. The van der Waals surface area contributed by atoms with Crippen LogP contribution >= 0.6 is 0 Å². The van der Waals surface area contributed by atoms with Crippen LogP contribution in [0.5, 0.6) is 0 Å². The van der Waals surface area contributed by atoms with Gasteiger partial charge in [0.05, 0.1) is 7.18 Å². The van der Waals surface area contributed by atoms with Gasteiger partial charge in [0.1, 0.15) is 0 Å². The lowest BCUT2D eigenvalue weighted by atomic mass is 9.78. The SMILES string of the molecule is CC.CC(C)c1ccccc1C(C)(C)C.CF.Cc1ccc(C(C)(C)c2ccc(C)cc2)cc1. The highest BCUT2D eigenvalue weighted by molar-refractivity contribution is 5.39. The summed E-state index contributed by atoms with van der Waals surface area (Å²) in [6.45, 7) is 24.1. The summed E-state index contributed by atoms with van der Waals surface area (Å²) in [7, 11) is 0.500. The second kappa shape index (κ2) is 14.8. The smallest absolute Gasteiger partial charge is 0.0785 e. The van der Waals surface area contributed by atoms with Crippen molar-refractivity contribution >= 4 is 0 Å². The summed E-state index contributed by atoms with van der Waals surface area (Å²) in [5.41, 5.74) is 8.66. The number of aryl methyl sites for hydroxylation is 2. The average molecular weight is 465 g/mol. The third-order valence-corrected chi connectivity index (χ3v) is 5.94. The standard InChI is InChI=1S/C17H20.C13H20.C2H6.CH3F/c1-13-5-9-15(10-6-13)17(3,4)16-11-7-14(2)8-12-16;1-10(2)11-8-6-7-9-12(11)13(3,4)5;2*1-2/h5-12H,1-4H3;6-10H,1-5H3;1-2H3;1H3. The van der Waals surface area contributed by atoms with E-state index in [9.17, 15) is 4.39 Å². The minimum absolute atomic E-state index is 0.0708. The van der Waals surface area contributed by atoms with Crippen LogP contribution in [0, 0.1) is 13.8 Å². The second-order valence-corrected chi connectivity index (χ2v) is 10.3. The average Bonchev–Trinajstić information content (AvgIpc) is 2.82. The summed E-state index contributed by atoms with van der Waals surface area (Å²) in [6, 6.07) is 26.4. The number of benzene rings is 3. The molecule has 0 aliphatic heterocycles. The van der Waals surface area contributed by atoms with E-state index < -0.39 is 0 Å². The molecule has 0 nitrogen and oxygen atoms in total. The van der Waals surface area contributed by atoms with Crippen LogP contribution in [0.2, 0.25) is 0 Å². The van der Waals surface area contributed by atoms with Crippen molar-refractivity contribution in [1.82, 2.24) is 0 Å². The predicted octanol–water partition coefficient (Wildman–Crippen LogP) is 10.3. The lowest BCUT2D eigenvalue weighted by Crippen LogP contribution is -2.18. The zero-order valence-corrected chi connectivity index (χ0v) is 23.9. The summed E-state index contributed by atoms with van der Waals surface area (Å²) < 4.78 is 9.50. The Morgan fingerprint density at radius 1 is 0.588 bits per heavy atom. The van der Waals surface area contributed by atoms with Crippen LogP contribution in [0.4, 0.5) is 4.39 Å². The van der Waals surface area contributed by atoms with Crippen LogP contribution in [0.1, 0.15) is 102 Å². The molecule has 0 aliphatic rings. The van der Waals surface area contributed by atoms with Crippen molar-refractivity contribution in [2.24, 2.45) is 0 Å². The molecular weight excluding hydrogens is 415 g/mol. The maximum absolute atomic E-state index is 9.50. The first kappa shape index (κ1) is 31.6. The van der Waals surface area contributed by atoms with E-state index >= 15 is 0 Å². The Morgan fingerprint density at radius 3 is 1.24 bits per heavy atom. The first-order chi connectivity index (χ1) is 15.9. The van der Waals surface area contributed by atoms with E-state index in [-0.39, 0.29) is 10.8 Å². The predicted molar refractivity (Wildman–Crippen MR) is 152 cm³/mol. The lowest BCUT2D eigenvalue weighted by Gasteiger charge is -2.26. The van der Waals surface area contributed by atoms with Crippen LogP contribution in [0.3, 0.4) is 0 Å². The Bertz CT molecular complexity index is 876. The Kier molecular flexibility index (Phi) is 13.7. The highest BCUT2D eigenvalue weighted by Gasteiger charge is 2.22. The maximum atomic E-state index is 9.50. The van der Waals surface area contributed by atoms with Gasteiger partial charge in [-0.1, -0.05) is 146 Å². The molecule has 0 aliphatic carbocycles. The van der Waals surface area contributed by atoms with Crippen LogP contribution < -0.4 is 0 Å². The Hall–Kier alpha value is -2.41. The van der Waals surface area contributed by atoms with E-state index in [0.29, 0.717) is 13.1 Å². The normalized spacial score (nSPS) is 10.8. The molecule has 0 radical (unpaired) electrons. The molecule has 0 heterocycles. The van der Waals surface area contributed by atoms with Gasteiger partial charge in [-0.2, -0.15) is 0 Å². The van der Waals surface area contributed by atoms with Crippen molar-refractivity contribution in [3.05, 3.63) is 106 Å². The molecule has 34 heavy (non-hydrogen) atoms. The molecule has 0 saturated carbocycles. The molecule has 0 spiro atoms. The van der Waals surface area contributed by atoms with E-state index in [4.69, 9.17) is 0 Å². The van der Waals surface area contributed by atoms with Gasteiger partial charge >= 0.3 is 0 Å². The Morgan fingerprint density at radius 2 is 0.941 bits per heavy atom. The van der Waals surface area contributed by atoms with E-state index in [0.717, 1.165) is 0 Å². The van der Waals surface area contributed by atoms with Gasteiger partial charge in [0.25, 0.3) is 0 Å². The van der Waals surface area contributed by atoms with Gasteiger partial charge in [0, 0.05) is 5.41 Å². The van der Waals surface area contributed by atoms with Gasteiger partial charge in [0.2, 0.25) is 0 Å². The molecule has 0 atom stereocenters. The topological polar surface area (TPSA) is 0 Å². The summed E-state index contributed by atoms with van der Waals surface area (Å²) in [6.07, 6.45) is 0. The van der Waals surface area contributed by atoms with Gasteiger partial charge < -0.3 is 0 Å². The first-order valence-corrected chi connectivity index (χ1v) is 12.5. The molecular formula is C33H49F. The van der Waals surface area contributed by atoms with Gasteiger partial charge in [-0.3, -0.25) is 4.39 Å². The molecule has 0 aromatic heterocycles. The minimum Gasteiger partial charge on any atom is -0.255 e. The molecule has 3 aromatic carbocycles. The van der Waals surface area contributed by atoms with Crippen molar-refractivity contribution in [1.29, 1.82) is 0 Å². The molecule has 0 bridgehead atoms. The molecule has 3 aromatic rings. The largest absolute Gasteiger partial charge is 0.255 e. The van der Waals surface area contributed by atoms with E-state index in [2.05, 4.69) is 135 Å². The van der Waals surface area contributed by atoms with Crippen LogP contribution in [-0.4, -0.2) is 7.18 Å². The number of rotatable bonds is 3. The number of hydrogen-bond acceptors (Lipinski definition) is 0. The zero-order valence-electron chi connectivity index (χ0n) is 23.9. The molecule has 0 saturated heterocycles. The van der Waals surface area contributed by atoms with Crippen molar-refractivity contribution in [3.63, 3.8) is 0 Å². The lowest BCUT2D eigenvalue weighted by molar-refractivity contribution is 0.577. The highest BCUT2D eigenvalue weighted by Crippen LogP contribution is 2.32. The summed E-state index contributed by atoms with van der Waals surface area (Å²) >= 11 is 0. The summed E-state index contributed by atoms with van der Waals surface area (Å²) in [5, 5.41) is 0. The fourth-order valence-corrected chi connectivity index (χ4v) is 3.79. The number of hydrogen-bond donors (Lipinski definition) is 0. The van der Waals surface area contributed by atoms with Crippen LogP contribution in [-0.2, 0) is 10.8 Å². The van der Waals surface area contributed by atoms with E-state index in [1.165, 1.54) is 33.4 Å². The quantitative estimate of drug-likeness (QED) is 0.361. The fourth-order valence-electron chi connectivity index (χ4n) is 3.79. The summed E-state index contributed by atoms with van der Waals surface area (Å²) in [5.74, 6) is 0.621. The van der Waals surface area contributed by atoms with Crippen molar-refractivity contribution < 1.29 is 4.39 Å². The van der Waals surface area contributed by atoms with E-state index in [1.54, 1.807) is 0 Å². The van der Waals surface area contributed by atoms with Crippen LogP contribution in [0.15, 0.2) is 72.8 Å². The molecule has 0 amide bonds. The molecule has 0 fully saturated rings. The minimum atomic E-state index is 0.0708. The highest BCUT2D eigenvalue weighted by atomic mass is 19.1. The van der Waals surface area contributed by atoms with Crippen molar-refractivity contribution in [3.8, 4) is 0 Å². The zero-order chi connectivity index (χ0) is 26.5. The molecule has 188 valence electrons. The fraction of sp³-hybridized carbons (Fsp3) is 0.455. The Labute approximate surface area is 210 Å². The third-order valence-electron chi connectivity index (χ3n) is 5.94. The van der Waals surface area contributed by atoms with Gasteiger partial charge in [-0.05, 0) is 47.4 Å². The van der Waals surface area contributed by atoms with Crippen molar-refractivity contribution in [2.75, 3.05) is 7.18 Å². The van der Waals surface area contributed by atoms with E-state index in [1.807, 2.05) is 13.8 Å². The molecule has 3 rings (SSSR count). The Balaban J connectivity index is 0.000000574. The maximum Gasteiger partial charge on any atom is 0.0785 e. The van der Waals surface area contributed by atoms with Gasteiger partial charge in [-0.25, -0.2) is 0 Å². The third kappa shape index (κ3) is 9.45. The summed E-state index contributed by atoms with van der Waals surface area (Å²) in [4.78, 5) is 0.